The summed E-state index contributed by atoms with van der Waals surface area (Å²) in [4.78, 5) is 15.8. The van der Waals surface area contributed by atoms with Crippen LogP contribution in [-0.2, 0) is 0 Å². The summed E-state index contributed by atoms with van der Waals surface area (Å²) in [5.41, 5.74) is -0.294. The second-order valence-electron chi connectivity index (χ2n) is 4.15. The topological polar surface area (TPSA) is 74.2 Å². The summed E-state index contributed by atoms with van der Waals surface area (Å²) < 4.78 is 26.9. The van der Waals surface area contributed by atoms with Gasteiger partial charge in [-0.05, 0) is 12.1 Å². The molecule has 8 heteroatoms. The molecule has 3 N–H and O–H groups in total. The van der Waals surface area contributed by atoms with Crippen LogP contribution in [0.5, 0.6) is 0 Å². The number of rotatable bonds is 5. The van der Waals surface area contributed by atoms with Gasteiger partial charge in [0, 0.05) is 19.0 Å². The predicted molar refractivity (Wildman–Crippen MR) is 75.3 cm³/mol. The maximum absolute atomic E-state index is 13.5. The number of amides is 1. The molecule has 112 valence electrons. The molecule has 1 aromatic carbocycles. The summed E-state index contributed by atoms with van der Waals surface area (Å²) in [5, 5.41) is 17.1. The third-order valence-electron chi connectivity index (χ3n) is 2.74. The average molecular weight is 313 g/mol. The Kier molecular flexibility index (Phi) is 4.81. The molecule has 0 spiro atoms. The van der Waals surface area contributed by atoms with E-state index in [1.54, 1.807) is 7.05 Å². The van der Waals surface area contributed by atoms with E-state index >= 15 is 0 Å². The highest BCUT2D eigenvalue weighted by Crippen LogP contribution is 2.20. The summed E-state index contributed by atoms with van der Waals surface area (Å²) in [5.74, 6) is -2.24. The van der Waals surface area contributed by atoms with Crippen LogP contribution in [0.15, 0.2) is 23.6 Å². The van der Waals surface area contributed by atoms with Gasteiger partial charge in [-0.1, -0.05) is 6.07 Å². The number of carbonyl (C=O) groups is 1. The molecule has 0 radical (unpaired) electrons. The Balaban J connectivity index is 2.00. The van der Waals surface area contributed by atoms with Crippen molar-refractivity contribution in [1.82, 2.24) is 10.3 Å². The van der Waals surface area contributed by atoms with Crippen LogP contribution in [0.2, 0.25) is 0 Å². The van der Waals surface area contributed by atoms with Gasteiger partial charge in [0.25, 0.3) is 5.91 Å². The monoisotopic (exact) mass is 313 g/mol. The van der Waals surface area contributed by atoms with E-state index in [4.69, 9.17) is 0 Å². The van der Waals surface area contributed by atoms with Gasteiger partial charge in [0.15, 0.2) is 5.13 Å². The van der Waals surface area contributed by atoms with E-state index in [1.165, 1.54) is 22.8 Å². The number of nitrogens with one attached hydrogen (secondary N) is 2. The molecule has 1 aromatic heterocycles. The standard InChI is InChI=1S/C13H13F2N3O2S/c1-16-13-18-9(6-21-13)12(20)17-5-10(19)11-7(14)3-2-4-8(11)15/h2-4,6,10,19H,5H2,1H3,(H,16,18)(H,17,20). The van der Waals surface area contributed by atoms with Crippen LogP contribution in [0.3, 0.4) is 0 Å². The normalized spacial score (nSPS) is 12.0. The first-order chi connectivity index (χ1) is 10.0. The van der Waals surface area contributed by atoms with Gasteiger partial charge in [0.05, 0.1) is 5.56 Å². The van der Waals surface area contributed by atoms with E-state index in [9.17, 15) is 18.7 Å². The van der Waals surface area contributed by atoms with Gasteiger partial charge < -0.3 is 15.7 Å². The molecule has 0 saturated carbocycles. The second kappa shape index (κ2) is 6.59. The summed E-state index contributed by atoms with van der Waals surface area (Å²) in [6, 6.07) is 3.29. The van der Waals surface area contributed by atoms with Gasteiger partial charge in [-0.3, -0.25) is 4.79 Å². The lowest BCUT2D eigenvalue weighted by atomic mass is 10.1. The van der Waals surface area contributed by atoms with Crippen molar-refractivity contribution in [2.24, 2.45) is 0 Å². The Labute approximate surface area is 123 Å². The molecular weight excluding hydrogens is 300 g/mol. The summed E-state index contributed by atoms with van der Waals surface area (Å²) in [6.07, 6.45) is -1.47. The maximum Gasteiger partial charge on any atom is 0.270 e. The number of carbonyl (C=O) groups excluding carboxylic acids is 1. The van der Waals surface area contributed by atoms with Crippen molar-refractivity contribution in [3.8, 4) is 0 Å². The molecule has 2 rings (SSSR count). The van der Waals surface area contributed by atoms with Gasteiger partial charge in [0.2, 0.25) is 0 Å². The fourth-order valence-corrected chi connectivity index (χ4v) is 2.36. The molecule has 2 aromatic rings. The van der Waals surface area contributed by atoms with E-state index < -0.39 is 29.2 Å². The van der Waals surface area contributed by atoms with E-state index in [1.807, 2.05) is 0 Å². The third-order valence-corrected chi connectivity index (χ3v) is 3.60. The van der Waals surface area contributed by atoms with Crippen molar-refractivity contribution < 1.29 is 18.7 Å². The van der Waals surface area contributed by atoms with Crippen molar-refractivity contribution in [2.75, 3.05) is 18.9 Å². The zero-order valence-corrected chi connectivity index (χ0v) is 11.9. The van der Waals surface area contributed by atoms with E-state index in [0.717, 1.165) is 12.1 Å². The minimum Gasteiger partial charge on any atom is -0.386 e. The molecule has 0 aliphatic heterocycles. The van der Waals surface area contributed by atoms with E-state index in [0.29, 0.717) is 5.13 Å². The van der Waals surface area contributed by atoms with Crippen molar-refractivity contribution in [1.29, 1.82) is 0 Å². The molecule has 0 bridgehead atoms. The number of nitrogens with zero attached hydrogens (tertiary/aromatic N) is 1. The molecule has 0 fully saturated rings. The van der Waals surface area contributed by atoms with Crippen molar-refractivity contribution >= 4 is 22.4 Å². The molecule has 1 atom stereocenters. The van der Waals surface area contributed by atoms with Crippen LogP contribution in [-0.4, -0.2) is 29.6 Å². The number of hydrogen-bond donors (Lipinski definition) is 3. The highest BCUT2D eigenvalue weighted by molar-refractivity contribution is 7.13. The fraction of sp³-hybridized carbons (Fsp3) is 0.231. The first-order valence-electron chi connectivity index (χ1n) is 6.06. The minimum absolute atomic E-state index is 0.172. The summed E-state index contributed by atoms with van der Waals surface area (Å²) in [6.45, 7) is -0.316. The number of hydrogen-bond acceptors (Lipinski definition) is 5. The van der Waals surface area contributed by atoms with E-state index in [-0.39, 0.29) is 12.2 Å². The quantitative estimate of drug-likeness (QED) is 0.788. The van der Waals surface area contributed by atoms with Crippen molar-refractivity contribution in [3.05, 3.63) is 46.5 Å². The van der Waals surface area contributed by atoms with Crippen LogP contribution in [0.25, 0.3) is 0 Å². The van der Waals surface area contributed by atoms with Gasteiger partial charge >= 0.3 is 0 Å². The average Bonchev–Trinajstić information content (AvgIpc) is 2.93. The van der Waals surface area contributed by atoms with Gasteiger partial charge in [0.1, 0.15) is 23.4 Å². The van der Waals surface area contributed by atoms with Crippen LogP contribution < -0.4 is 10.6 Å². The molecule has 0 aliphatic carbocycles. The smallest absolute Gasteiger partial charge is 0.270 e. The molecule has 5 nitrogen and oxygen atoms in total. The Bertz CT molecular complexity index is 628. The lowest BCUT2D eigenvalue weighted by Crippen LogP contribution is -2.29. The number of benzene rings is 1. The first-order valence-corrected chi connectivity index (χ1v) is 6.94. The first kappa shape index (κ1) is 15.3. The molecular formula is C13H13F2N3O2S. The number of aliphatic hydroxyl groups is 1. The third kappa shape index (κ3) is 3.53. The molecule has 0 saturated heterocycles. The van der Waals surface area contributed by atoms with Crippen LogP contribution >= 0.6 is 11.3 Å². The zero-order chi connectivity index (χ0) is 15.4. The van der Waals surface area contributed by atoms with Gasteiger partial charge in [-0.25, -0.2) is 13.8 Å². The zero-order valence-electron chi connectivity index (χ0n) is 11.1. The number of halogens is 2. The number of anilines is 1. The molecule has 1 amide bonds. The number of aliphatic hydroxyl groups excluding tert-OH is 1. The molecule has 0 aliphatic rings. The molecule has 1 heterocycles. The van der Waals surface area contributed by atoms with Gasteiger partial charge in [-0.15, -0.1) is 11.3 Å². The highest BCUT2D eigenvalue weighted by atomic mass is 32.1. The Morgan fingerprint density at radius 2 is 2.10 bits per heavy atom. The Hall–Kier alpha value is -2.06. The number of aromatic nitrogens is 1. The summed E-state index contributed by atoms with van der Waals surface area (Å²) >= 11 is 1.25. The highest BCUT2D eigenvalue weighted by Gasteiger charge is 2.19. The lowest BCUT2D eigenvalue weighted by molar-refractivity contribution is 0.0907. The minimum atomic E-state index is -1.47. The van der Waals surface area contributed by atoms with Crippen LogP contribution in [0.4, 0.5) is 13.9 Å². The fourth-order valence-electron chi connectivity index (χ4n) is 1.70. The van der Waals surface area contributed by atoms with Crippen LogP contribution in [0, 0.1) is 11.6 Å². The van der Waals surface area contributed by atoms with Crippen molar-refractivity contribution in [3.63, 3.8) is 0 Å². The Morgan fingerprint density at radius 1 is 1.43 bits per heavy atom. The van der Waals surface area contributed by atoms with Crippen LogP contribution in [0.1, 0.15) is 22.2 Å². The summed E-state index contributed by atoms with van der Waals surface area (Å²) in [7, 11) is 1.67. The largest absolute Gasteiger partial charge is 0.386 e. The van der Waals surface area contributed by atoms with Gasteiger partial charge in [-0.2, -0.15) is 0 Å². The lowest BCUT2D eigenvalue weighted by Gasteiger charge is -2.13. The number of thiazole rings is 1. The Morgan fingerprint density at radius 3 is 2.67 bits per heavy atom. The SMILES string of the molecule is CNc1nc(C(=O)NCC(O)c2c(F)cccc2F)cs1. The predicted octanol–water partition coefficient (Wildman–Crippen LogP) is 1.93. The van der Waals surface area contributed by atoms with Crippen molar-refractivity contribution in [2.45, 2.75) is 6.10 Å². The molecule has 21 heavy (non-hydrogen) atoms. The molecule has 1 unspecified atom stereocenters. The maximum atomic E-state index is 13.5. The second-order valence-corrected chi connectivity index (χ2v) is 5.01. The van der Waals surface area contributed by atoms with E-state index in [2.05, 4.69) is 15.6 Å².